The van der Waals surface area contributed by atoms with Crippen molar-refractivity contribution in [3.8, 4) is 5.75 Å². The van der Waals surface area contributed by atoms with Gasteiger partial charge in [0.05, 0.1) is 5.75 Å². The minimum absolute atomic E-state index is 0. The standard InChI is InChI=1S/C6H5BO3.C3H7BO2.C2H5BO2.CH2BO3.CHBO3.3CH3BO2.16CH3.17Mg.H/c8-7(9)10-6-4-2-1-3-5-6;1-2-3-4(5)6;1-2-3(4)5;2*3-1-2(4)5;3*1-2(3)4;;;;;;;;;;;;;;;;;;;;;;;;;;;;;;;;;;/h1-5H;2-3H2,1H3;2H2,1H3;1H2;1H;3*1H3;16*1H3;;;;;;;;;;;;;;;;;;/q3*-2;-3;4*-2;16*-1;17*+2;-1. The Hall–Kier alpha value is 11.6. The zero-order valence-electron chi connectivity index (χ0n) is 53.2. The number of benzene rings is 1. The average molecular weight is 1270 g/mol. The Morgan fingerprint density at radius 2 is 0.553 bits per heavy atom. The maximum atomic E-state index is 9.92. The fraction of sp³-hybridized carbons (Fsp3) is 0.281. The van der Waals surface area contributed by atoms with Gasteiger partial charge in [-0.3, -0.25) is 0 Å². The first-order chi connectivity index (χ1) is 19.6. The van der Waals surface area contributed by atoms with Crippen molar-refractivity contribution in [3.63, 3.8) is 0 Å². The topological polar surface area (TPSA) is 418 Å². The summed E-state index contributed by atoms with van der Waals surface area (Å²) in [5.41, 5.74) is 0. The van der Waals surface area contributed by atoms with Crippen LogP contribution in [0.4, 0.5) is 0 Å². The van der Waals surface area contributed by atoms with Crippen LogP contribution in [0.15, 0.2) is 30.3 Å². The van der Waals surface area contributed by atoms with Gasteiger partial charge in [0.25, 0.3) is 0 Å². The van der Waals surface area contributed by atoms with E-state index in [4.69, 9.17) is 60.1 Å². The van der Waals surface area contributed by atoms with Crippen LogP contribution in [-0.4, -0.2) is 462 Å². The molecule has 0 saturated heterocycles. The van der Waals surface area contributed by atoms with Gasteiger partial charge in [-0.05, 0) is 19.3 Å². The molecule has 0 atom stereocenters. The number of para-hydroxylation sites is 1. The minimum atomic E-state index is -2.30. The first kappa shape index (κ1) is 290. The Kier molecular flexibility index (Phi) is 985. The van der Waals surface area contributed by atoms with Crippen LogP contribution in [0.25, 0.3) is 0 Å². The molecule has 0 aromatic heterocycles. The summed E-state index contributed by atoms with van der Waals surface area (Å²) in [7, 11) is -14.9. The first-order valence-electron chi connectivity index (χ1n) is 11.9. The van der Waals surface area contributed by atoms with Crippen molar-refractivity contribution >= 4 is 455 Å². The molecule has 1 aromatic carbocycles. The van der Waals surface area contributed by atoms with E-state index in [0.717, 1.165) is 20.5 Å². The summed E-state index contributed by atoms with van der Waals surface area (Å²) in [6.07, 6.45) is 0.970. The third kappa shape index (κ3) is 577. The monoisotopic (exact) mass is 1260 g/mol. The summed E-state index contributed by atoms with van der Waals surface area (Å²) in [4.78, 5) is 8.88. The van der Waals surface area contributed by atoms with Crippen molar-refractivity contribution in [2.24, 2.45) is 0 Å². The molecule has 0 aliphatic carbocycles. The predicted octanol–water partition coefficient (Wildman–Crippen LogP) is -17.0. The number of carbonyl (C=O) groups is 1. The van der Waals surface area contributed by atoms with Gasteiger partial charge in [-0.15, -0.1) is 75.8 Å². The van der Waals surface area contributed by atoms with Crippen LogP contribution >= 0.6 is 0 Å². The molecule has 1 aromatic rings. The number of rotatable bonds is 7. The number of hydrogen-bond acceptors (Lipinski definition) is 19. The van der Waals surface area contributed by atoms with Crippen molar-refractivity contribution in [1.82, 2.24) is 0 Å². The molecule has 0 bridgehead atoms. The van der Waals surface area contributed by atoms with Crippen molar-refractivity contribution in [3.05, 3.63) is 149 Å². The van der Waals surface area contributed by atoms with E-state index < -0.39 is 63.7 Å². The summed E-state index contributed by atoms with van der Waals surface area (Å²) in [6, 6.07) is 8.28. The normalized spacial score (nSPS) is 4.39. The van der Waals surface area contributed by atoms with Crippen molar-refractivity contribution in [1.29, 1.82) is 0 Å². The van der Waals surface area contributed by atoms with Gasteiger partial charge < -0.3 is 215 Å². The molecular formula is C32H78B8Mg17O19. The maximum Gasteiger partial charge on any atom is 2.00 e. The minimum Gasteiger partial charge on any atom is -1.00 e. The summed E-state index contributed by atoms with van der Waals surface area (Å²) >= 11 is 0. The van der Waals surface area contributed by atoms with Crippen molar-refractivity contribution in [2.45, 2.75) is 53.4 Å². The van der Waals surface area contributed by atoms with Crippen LogP contribution in [0.3, 0.4) is 0 Å². The predicted molar refractivity (Wildman–Crippen MR) is 329 cm³/mol. The molecule has 0 radical (unpaired) electrons. The summed E-state index contributed by atoms with van der Waals surface area (Å²) in [5, 5.41) is 156. The largest absolute Gasteiger partial charge is 2.00 e. The third-order valence-corrected chi connectivity index (χ3v) is 2.08. The molecule has 44 heteroatoms. The molecule has 0 saturated carbocycles. The van der Waals surface area contributed by atoms with E-state index in [1.807, 2.05) is 6.92 Å². The molecular weight excluding hydrogens is 1190 g/mol. The second kappa shape index (κ2) is 258. The molecule has 1 rings (SSSR count). The van der Waals surface area contributed by atoms with E-state index in [1.54, 1.807) is 37.3 Å². The molecule has 0 spiro atoms. The summed E-state index contributed by atoms with van der Waals surface area (Å²) < 4.78 is 4.30. The van der Waals surface area contributed by atoms with Crippen LogP contribution < -0.4 is 90.1 Å². The van der Waals surface area contributed by atoms with Crippen molar-refractivity contribution < 1.29 is 96.4 Å². The van der Waals surface area contributed by atoms with Crippen LogP contribution in [0.2, 0.25) is 33.1 Å². The quantitative estimate of drug-likeness (QED) is 0.139. The fourth-order valence-electron chi connectivity index (χ4n) is 0.846. The zero-order valence-corrected chi connectivity index (χ0v) is 76.2. The Morgan fingerprint density at radius 1 is 0.395 bits per heavy atom. The van der Waals surface area contributed by atoms with Crippen LogP contribution in [0.1, 0.15) is 21.7 Å². The van der Waals surface area contributed by atoms with Gasteiger partial charge in [0.1, 0.15) is 7.32 Å². The molecule has 76 heavy (non-hydrogen) atoms. The molecule has 0 unspecified atom stereocenters. The molecule has 0 heterocycles. The maximum absolute atomic E-state index is 9.92. The van der Waals surface area contributed by atoms with Gasteiger partial charge in [-0.1, -0.05) is 38.5 Å². The smallest absolute Gasteiger partial charge is 1.00 e. The van der Waals surface area contributed by atoms with Gasteiger partial charge in [0, 0.05) is 6.19 Å². The molecule has 0 aliphatic heterocycles. The third-order valence-electron chi connectivity index (χ3n) is 2.08. The molecule has 0 N–H and O–H groups in total. The Balaban J connectivity index is -0.00000000470. The van der Waals surface area contributed by atoms with Crippen LogP contribution in [0, 0.1) is 119 Å². The second-order valence-electron chi connectivity index (χ2n) is 6.58. The Bertz CT molecular complexity index is 646. The van der Waals surface area contributed by atoms with Gasteiger partial charge in [0.15, 0.2) is 0 Å². The fourth-order valence-corrected chi connectivity index (χ4v) is 0.846. The van der Waals surface area contributed by atoms with Crippen molar-refractivity contribution in [2.75, 3.05) is 6.51 Å². The summed E-state index contributed by atoms with van der Waals surface area (Å²) in [5.74, 6) is 0.317. The molecule has 19 nitrogen and oxygen atoms in total. The SMILES string of the molecule is CB([O-])[O-].CB([O-])[O-].CB([O-])[O-].CCB([O-])[O-].CCCB([O-])[O-].O=CB([O-])[O-].[CH3-].[CH3-].[CH3-].[CH3-].[CH3-].[CH3-].[CH3-].[CH3-].[CH3-].[CH3-].[CH3-].[CH3-].[CH3-].[CH3-].[CH3-].[CH3-].[H-].[Mg+2].[Mg+2].[Mg+2].[Mg+2].[Mg+2].[Mg+2].[Mg+2].[Mg+2].[Mg+2].[Mg+2].[Mg+2].[Mg+2].[Mg+2].[Mg+2].[Mg+2].[Mg+2].[Mg+2].[O-]B([O-])Oc1ccccc1.[O-]CB([O-])[O-]. The van der Waals surface area contributed by atoms with Gasteiger partial charge in [-0.25, -0.2) is 6.51 Å². The van der Waals surface area contributed by atoms with Crippen LogP contribution in [-0.2, 0) is 4.79 Å². The summed E-state index contributed by atoms with van der Waals surface area (Å²) in [6.45, 7) is 5.51. The van der Waals surface area contributed by atoms with E-state index in [0.29, 0.717) is 12.2 Å². The molecule has 0 amide bonds. The number of hydrogen-bond donors (Lipinski definition) is 0. The van der Waals surface area contributed by atoms with Gasteiger partial charge >= 0.3 is 392 Å². The zero-order chi connectivity index (χ0) is 36.0. The van der Waals surface area contributed by atoms with Gasteiger partial charge in [-0.2, -0.15) is 0 Å². The Morgan fingerprint density at radius 3 is 0.618 bits per heavy atom. The van der Waals surface area contributed by atoms with E-state index >= 15 is 0 Å². The first-order valence-corrected chi connectivity index (χ1v) is 11.9. The van der Waals surface area contributed by atoms with E-state index in [1.165, 1.54) is 0 Å². The molecule has 0 aliphatic rings. The van der Waals surface area contributed by atoms with E-state index in [-0.39, 0.29) is 531 Å². The second-order valence-corrected chi connectivity index (χ2v) is 6.58. The van der Waals surface area contributed by atoms with E-state index in [9.17, 15) is 30.1 Å². The average Bonchev–Trinajstić information content (AvgIpc) is 2.84. The molecule has 0 fully saturated rings. The van der Waals surface area contributed by atoms with E-state index in [2.05, 4.69) is 4.65 Å². The molecule has 378 valence electrons. The Labute approximate surface area is 752 Å². The van der Waals surface area contributed by atoms with Gasteiger partial charge in [0.2, 0.25) is 0 Å². The van der Waals surface area contributed by atoms with Crippen LogP contribution in [0.5, 0.6) is 5.75 Å². The number of carbonyl (C=O) groups excluding carboxylic acids is 1.